The first-order valence-electron chi connectivity index (χ1n) is 8.76. The van der Waals surface area contributed by atoms with E-state index in [1.54, 1.807) is 43.5 Å². The third-order valence-electron chi connectivity index (χ3n) is 4.24. The average molecular weight is 459 g/mol. The summed E-state index contributed by atoms with van der Waals surface area (Å²) in [6.07, 6.45) is 1.47. The minimum atomic E-state index is -0.505. The molecule has 150 valence electrons. The van der Waals surface area contributed by atoms with E-state index < -0.39 is 6.03 Å². The largest absolute Gasteiger partial charge is 0.383 e. The molecular weight excluding hydrogens is 440 g/mol. The molecular formula is C20H19BrN4O4. The lowest BCUT2D eigenvalue weighted by molar-refractivity contribution is 0.101. The third-order valence-corrected chi connectivity index (χ3v) is 5.07. The van der Waals surface area contributed by atoms with Gasteiger partial charge in [-0.1, -0.05) is 12.1 Å². The van der Waals surface area contributed by atoms with E-state index in [4.69, 9.17) is 4.74 Å². The fourth-order valence-corrected chi connectivity index (χ4v) is 3.35. The Morgan fingerprint density at radius 1 is 1.21 bits per heavy atom. The molecule has 8 nitrogen and oxygen atoms in total. The topological polar surface area (TPSA) is 102 Å². The number of carbonyl (C=O) groups is 2. The molecule has 0 bridgehead atoms. The van der Waals surface area contributed by atoms with Gasteiger partial charge >= 0.3 is 6.03 Å². The Hall–Kier alpha value is -3.04. The first-order valence-corrected chi connectivity index (χ1v) is 9.55. The van der Waals surface area contributed by atoms with Gasteiger partial charge in [-0.3, -0.25) is 14.2 Å². The van der Waals surface area contributed by atoms with Crippen LogP contribution in [0.15, 0.2) is 52.0 Å². The predicted molar refractivity (Wildman–Crippen MR) is 115 cm³/mol. The molecule has 0 aliphatic rings. The van der Waals surface area contributed by atoms with Gasteiger partial charge in [-0.15, -0.1) is 0 Å². The number of halogens is 1. The molecule has 0 atom stereocenters. The number of methoxy groups -OCH3 is 1. The quantitative estimate of drug-likeness (QED) is 0.548. The lowest BCUT2D eigenvalue weighted by Gasteiger charge is -2.12. The molecule has 2 aromatic carbocycles. The summed E-state index contributed by atoms with van der Waals surface area (Å²) in [7, 11) is 1.56. The average Bonchev–Trinajstić information content (AvgIpc) is 2.69. The number of ether oxygens (including phenoxy) is 1. The summed E-state index contributed by atoms with van der Waals surface area (Å²) in [5.41, 5.74) is 1.67. The molecule has 0 aliphatic heterocycles. The second-order valence-corrected chi connectivity index (χ2v) is 7.07. The normalized spacial score (nSPS) is 10.7. The maximum atomic E-state index is 12.8. The van der Waals surface area contributed by atoms with Gasteiger partial charge < -0.3 is 15.4 Å². The highest BCUT2D eigenvalue weighted by molar-refractivity contribution is 9.10. The van der Waals surface area contributed by atoms with Gasteiger partial charge in [0.15, 0.2) is 5.78 Å². The van der Waals surface area contributed by atoms with Crippen molar-refractivity contribution in [2.75, 3.05) is 24.4 Å². The molecule has 0 fully saturated rings. The Kier molecular flexibility index (Phi) is 6.40. The highest BCUT2D eigenvalue weighted by atomic mass is 79.9. The van der Waals surface area contributed by atoms with Crippen LogP contribution in [-0.2, 0) is 11.3 Å². The summed E-state index contributed by atoms with van der Waals surface area (Å²) in [5.74, 6) is -0.0939. The summed E-state index contributed by atoms with van der Waals surface area (Å²) in [6, 6.07) is 9.45. The number of ketones is 1. The zero-order chi connectivity index (χ0) is 21.0. The van der Waals surface area contributed by atoms with Crippen molar-refractivity contribution in [1.82, 2.24) is 9.55 Å². The molecule has 1 aromatic heterocycles. The minimum absolute atomic E-state index is 0.0939. The first-order chi connectivity index (χ1) is 13.9. The fourth-order valence-electron chi connectivity index (χ4n) is 2.75. The van der Waals surface area contributed by atoms with Gasteiger partial charge in [0.25, 0.3) is 5.56 Å². The number of rotatable bonds is 6. The summed E-state index contributed by atoms with van der Waals surface area (Å²) in [5, 5.41) is 5.74. The standard InChI is InChI=1S/C20H19BrN4O4/c1-12(26)13-4-3-5-14(10-13)23-20(28)24-16-7-6-15-17(18(16)21)19(27)25(11-22-15)8-9-29-2/h3-7,10-11H,8-9H2,1-2H3,(H2,23,24,28). The second kappa shape index (κ2) is 8.97. The maximum absolute atomic E-state index is 12.8. The van der Waals surface area contributed by atoms with Crippen LogP contribution in [0.3, 0.4) is 0 Å². The van der Waals surface area contributed by atoms with Crippen molar-refractivity contribution in [2.45, 2.75) is 13.5 Å². The molecule has 9 heteroatoms. The number of hydrogen-bond donors (Lipinski definition) is 2. The molecule has 0 aliphatic carbocycles. The van der Waals surface area contributed by atoms with Crippen LogP contribution in [0.2, 0.25) is 0 Å². The van der Waals surface area contributed by atoms with E-state index in [1.807, 2.05) is 0 Å². The SMILES string of the molecule is COCCn1cnc2ccc(NC(=O)Nc3cccc(C(C)=O)c3)c(Br)c2c1=O. The number of urea groups is 1. The third kappa shape index (κ3) is 4.69. The number of nitrogens with one attached hydrogen (secondary N) is 2. The summed E-state index contributed by atoms with van der Waals surface area (Å²) in [6.45, 7) is 2.21. The fraction of sp³-hybridized carbons (Fsp3) is 0.200. The van der Waals surface area contributed by atoms with Crippen molar-refractivity contribution in [1.29, 1.82) is 0 Å². The zero-order valence-electron chi connectivity index (χ0n) is 15.9. The minimum Gasteiger partial charge on any atom is -0.383 e. The van der Waals surface area contributed by atoms with E-state index in [1.165, 1.54) is 17.8 Å². The molecule has 0 saturated carbocycles. The number of aromatic nitrogens is 2. The summed E-state index contributed by atoms with van der Waals surface area (Å²) >= 11 is 3.41. The molecule has 29 heavy (non-hydrogen) atoms. The number of anilines is 2. The van der Waals surface area contributed by atoms with E-state index in [0.29, 0.717) is 45.5 Å². The lowest BCUT2D eigenvalue weighted by Crippen LogP contribution is -2.24. The van der Waals surface area contributed by atoms with Gasteiger partial charge in [0.2, 0.25) is 0 Å². The molecule has 3 rings (SSSR count). The number of nitrogens with zero attached hydrogens (tertiary/aromatic N) is 2. The number of benzene rings is 2. The highest BCUT2D eigenvalue weighted by Gasteiger charge is 2.14. The van der Waals surface area contributed by atoms with Crippen LogP contribution in [-0.4, -0.2) is 35.1 Å². The van der Waals surface area contributed by atoms with Crippen molar-refractivity contribution in [3.63, 3.8) is 0 Å². The number of fused-ring (bicyclic) bond motifs is 1. The van der Waals surface area contributed by atoms with Gasteiger partial charge in [-0.05, 0) is 47.1 Å². The molecule has 0 saturated heterocycles. The maximum Gasteiger partial charge on any atom is 0.323 e. The van der Waals surface area contributed by atoms with Gasteiger partial charge in [-0.2, -0.15) is 0 Å². The van der Waals surface area contributed by atoms with Crippen LogP contribution < -0.4 is 16.2 Å². The van der Waals surface area contributed by atoms with Crippen LogP contribution in [0, 0.1) is 0 Å². The van der Waals surface area contributed by atoms with Gasteiger partial charge in [0, 0.05) is 18.4 Å². The number of hydrogen-bond acceptors (Lipinski definition) is 5. The molecule has 1 heterocycles. The highest BCUT2D eigenvalue weighted by Crippen LogP contribution is 2.28. The van der Waals surface area contributed by atoms with Crippen molar-refractivity contribution in [3.05, 3.63) is 63.1 Å². The molecule has 3 aromatic rings. The Labute approximate surface area is 175 Å². The van der Waals surface area contributed by atoms with Crippen LogP contribution in [0.4, 0.5) is 16.2 Å². The van der Waals surface area contributed by atoms with Gasteiger partial charge in [0.05, 0.1) is 40.5 Å². The number of amides is 2. The van der Waals surface area contributed by atoms with Crippen molar-refractivity contribution < 1.29 is 14.3 Å². The Morgan fingerprint density at radius 2 is 2.00 bits per heavy atom. The smallest absolute Gasteiger partial charge is 0.323 e. The Morgan fingerprint density at radius 3 is 2.72 bits per heavy atom. The van der Waals surface area contributed by atoms with Crippen LogP contribution >= 0.6 is 15.9 Å². The van der Waals surface area contributed by atoms with E-state index in [9.17, 15) is 14.4 Å². The Bertz CT molecular complexity index is 1140. The van der Waals surface area contributed by atoms with Crippen molar-refractivity contribution >= 4 is 50.0 Å². The van der Waals surface area contributed by atoms with Gasteiger partial charge in [-0.25, -0.2) is 9.78 Å². The summed E-state index contributed by atoms with van der Waals surface area (Å²) < 4.78 is 6.90. The van der Waals surface area contributed by atoms with E-state index >= 15 is 0 Å². The molecule has 2 N–H and O–H groups in total. The van der Waals surface area contributed by atoms with Gasteiger partial charge in [0.1, 0.15) is 0 Å². The van der Waals surface area contributed by atoms with Crippen LogP contribution in [0.5, 0.6) is 0 Å². The lowest BCUT2D eigenvalue weighted by atomic mass is 10.1. The second-order valence-electron chi connectivity index (χ2n) is 6.27. The van der Waals surface area contributed by atoms with E-state index in [0.717, 1.165) is 0 Å². The monoisotopic (exact) mass is 458 g/mol. The molecule has 2 amide bonds. The molecule has 0 unspecified atom stereocenters. The Balaban J connectivity index is 1.86. The first kappa shape index (κ1) is 20.7. The van der Waals surface area contributed by atoms with E-state index in [-0.39, 0.29) is 11.3 Å². The van der Waals surface area contributed by atoms with Crippen LogP contribution in [0.1, 0.15) is 17.3 Å². The van der Waals surface area contributed by atoms with E-state index in [2.05, 4.69) is 31.5 Å². The summed E-state index contributed by atoms with van der Waals surface area (Å²) in [4.78, 5) is 40.9. The molecule has 0 spiro atoms. The molecule has 0 radical (unpaired) electrons. The number of Topliss-reactive ketones (excluding diaryl/α,β-unsaturated/α-hetero) is 1. The predicted octanol–water partition coefficient (Wildman–Crippen LogP) is 3.65. The van der Waals surface area contributed by atoms with Crippen molar-refractivity contribution in [3.8, 4) is 0 Å². The van der Waals surface area contributed by atoms with Crippen LogP contribution in [0.25, 0.3) is 10.9 Å². The number of carbonyl (C=O) groups excluding carboxylic acids is 2. The van der Waals surface area contributed by atoms with Crippen molar-refractivity contribution in [2.24, 2.45) is 0 Å². The zero-order valence-corrected chi connectivity index (χ0v) is 17.4.